The number of rotatable bonds is 6. The van der Waals surface area contributed by atoms with Gasteiger partial charge in [0.25, 0.3) is 5.91 Å². The van der Waals surface area contributed by atoms with Crippen LogP contribution in [0.4, 0.5) is 5.82 Å². The minimum Gasteiger partial charge on any atom is -0.383 e. The molecule has 0 radical (unpaired) electrons. The number of benzene rings is 1. The predicted octanol–water partition coefficient (Wildman–Crippen LogP) is 2.39. The molecule has 0 fully saturated rings. The molecule has 1 amide bonds. The number of pyridine rings is 1. The highest BCUT2D eigenvalue weighted by molar-refractivity contribution is 6.06. The summed E-state index contributed by atoms with van der Waals surface area (Å²) < 4.78 is 5.03. The molecular weight excluding hydrogens is 266 g/mol. The summed E-state index contributed by atoms with van der Waals surface area (Å²) in [6, 6.07) is 9.51. The Kier molecular flexibility index (Phi) is 5.11. The van der Waals surface area contributed by atoms with Crippen LogP contribution < -0.4 is 5.32 Å². The highest BCUT2D eigenvalue weighted by atomic mass is 16.5. The molecule has 1 N–H and O–H groups in total. The number of carbonyl (C=O) groups excluding carboxylic acids is 1. The van der Waals surface area contributed by atoms with E-state index in [4.69, 9.17) is 4.74 Å². The summed E-state index contributed by atoms with van der Waals surface area (Å²) in [5, 5.41) is 4.04. The highest BCUT2D eigenvalue weighted by Crippen LogP contribution is 2.22. The number of amides is 1. The van der Waals surface area contributed by atoms with Gasteiger partial charge in [0.1, 0.15) is 5.82 Å². The van der Waals surface area contributed by atoms with Gasteiger partial charge in [-0.05, 0) is 19.1 Å². The van der Waals surface area contributed by atoms with Crippen molar-refractivity contribution in [2.24, 2.45) is 0 Å². The highest BCUT2D eigenvalue weighted by Gasteiger charge is 2.16. The lowest BCUT2D eigenvalue weighted by atomic mass is 10.1. The van der Waals surface area contributed by atoms with Crippen LogP contribution in [0.2, 0.25) is 0 Å². The second-order valence-corrected chi connectivity index (χ2v) is 4.82. The summed E-state index contributed by atoms with van der Waals surface area (Å²) in [5.41, 5.74) is 1.48. The van der Waals surface area contributed by atoms with Crippen molar-refractivity contribution >= 4 is 22.6 Å². The quantitative estimate of drug-likeness (QED) is 0.886. The van der Waals surface area contributed by atoms with Crippen molar-refractivity contribution in [3.63, 3.8) is 0 Å². The molecule has 1 aromatic carbocycles. The summed E-state index contributed by atoms with van der Waals surface area (Å²) in [6.07, 6.45) is 0. The first kappa shape index (κ1) is 15.3. The van der Waals surface area contributed by atoms with Gasteiger partial charge >= 0.3 is 0 Å². The first-order chi connectivity index (χ1) is 10.2. The van der Waals surface area contributed by atoms with Gasteiger partial charge in [0, 0.05) is 32.6 Å². The number of anilines is 1. The molecule has 21 heavy (non-hydrogen) atoms. The largest absolute Gasteiger partial charge is 0.383 e. The number of hydrogen-bond donors (Lipinski definition) is 1. The van der Waals surface area contributed by atoms with E-state index < -0.39 is 0 Å². The maximum absolute atomic E-state index is 12.6. The zero-order chi connectivity index (χ0) is 15.2. The van der Waals surface area contributed by atoms with Gasteiger partial charge in [-0.3, -0.25) is 4.79 Å². The van der Waals surface area contributed by atoms with Crippen LogP contribution in [0.15, 0.2) is 30.3 Å². The monoisotopic (exact) mass is 287 g/mol. The van der Waals surface area contributed by atoms with Gasteiger partial charge in [-0.1, -0.05) is 18.2 Å². The van der Waals surface area contributed by atoms with Crippen molar-refractivity contribution in [1.29, 1.82) is 0 Å². The van der Waals surface area contributed by atoms with Gasteiger partial charge in [-0.15, -0.1) is 0 Å². The van der Waals surface area contributed by atoms with Crippen LogP contribution in [-0.2, 0) is 4.74 Å². The Hall–Kier alpha value is -2.14. The third-order valence-corrected chi connectivity index (χ3v) is 3.28. The molecule has 0 unspecified atom stereocenters. The lowest BCUT2D eigenvalue weighted by molar-refractivity contribution is 0.0746. The molecule has 0 bridgehead atoms. The van der Waals surface area contributed by atoms with E-state index >= 15 is 0 Å². The topological polar surface area (TPSA) is 54.5 Å². The number of carbonyl (C=O) groups is 1. The molecule has 112 valence electrons. The normalized spacial score (nSPS) is 10.6. The van der Waals surface area contributed by atoms with E-state index in [-0.39, 0.29) is 5.91 Å². The molecule has 2 aromatic rings. The Morgan fingerprint density at radius 1 is 1.38 bits per heavy atom. The molecule has 0 spiro atoms. The Labute approximate surface area is 124 Å². The zero-order valence-electron chi connectivity index (χ0n) is 12.7. The minimum atomic E-state index is -0.0233. The van der Waals surface area contributed by atoms with Crippen molar-refractivity contribution in [1.82, 2.24) is 9.88 Å². The summed E-state index contributed by atoms with van der Waals surface area (Å²) in [4.78, 5) is 18.8. The molecular formula is C16H21N3O2. The van der Waals surface area contributed by atoms with Crippen molar-refractivity contribution in [3.05, 3.63) is 35.9 Å². The van der Waals surface area contributed by atoms with E-state index in [0.717, 1.165) is 23.3 Å². The molecule has 0 aliphatic rings. The van der Waals surface area contributed by atoms with Crippen LogP contribution in [0.1, 0.15) is 17.3 Å². The summed E-state index contributed by atoms with van der Waals surface area (Å²) >= 11 is 0. The van der Waals surface area contributed by atoms with Crippen molar-refractivity contribution in [2.45, 2.75) is 6.92 Å². The molecule has 2 rings (SSSR count). The van der Waals surface area contributed by atoms with E-state index in [1.54, 1.807) is 19.1 Å². The molecule has 0 saturated heterocycles. The molecule has 0 saturated carbocycles. The van der Waals surface area contributed by atoms with Crippen LogP contribution in [-0.4, -0.2) is 49.6 Å². The molecule has 5 nitrogen and oxygen atoms in total. The molecule has 0 atom stereocenters. The van der Waals surface area contributed by atoms with Gasteiger partial charge in [0.15, 0.2) is 0 Å². The number of para-hydroxylation sites is 1. The average Bonchev–Trinajstić information content (AvgIpc) is 2.51. The first-order valence-electron chi connectivity index (χ1n) is 7.05. The van der Waals surface area contributed by atoms with E-state index in [2.05, 4.69) is 10.3 Å². The molecule has 1 heterocycles. The van der Waals surface area contributed by atoms with Crippen LogP contribution >= 0.6 is 0 Å². The maximum Gasteiger partial charge on any atom is 0.254 e. The van der Waals surface area contributed by atoms with Crippen LogP contribution in [0.3, 0.4) is 0 Å². The number of aromatic nitrogens is 1. The van der Waals surface area contributed by atoms with E-state index in [9.17, 15) is 4.79 Å². The summed E-state index contributed by atoms with van der Waals surface area (Å²) in [7, 11) is 3.41. The molecule has 1 aromatic heterocycles. The lowest BCUT2D eigenvalue weighted by Gasteiger charge is -2.18. The Balaban J connectivity index is 2.42. The van der Waals surface area contributed by atoms with Gasteiger partial charge in [-0.2, -0.15) is 0 Å². The van der Waals surface area contributed by atoms with E-state index in [0.29, 0.717) is 18.7 Å². The Bertz CT molecular complexity index is 628. The predicted molar refractivity (Wildman–Crippen MR) is 84.7 cm³/mol. The van der Waals surface area contributed by atoms with Gasteiger partial charge < -0.3 is 15.0 Å². The number of hydrogen-bond acceptors (Lipinski definition) is 4. The Morgan fingerprint density at radius 3 is 2.86 bits per heavy atom. The fourth-order valence-electron chi connectivity index (χ4n) is 2.16. The standard InChI is InChI=1S/C16H21N3O2/c1-4-17-15-11-13(16(20)19(2)9-10-21-3)12-7-5-6-8-14(12)18-15/h5-8,11H,4,9-10H2,1-3H3,(H,17,18). The van der Waals surface area contributed by atoms with E-state index in [1.165, 1.54) is 0 Å². The first-order valence-corrected chi connectivity index (χ1v) is 7.05. The average molecular weight is 287 g/mol. The van der Waals surface area contributed by atoms with Crippen LogP contribution in [0.5, 0.6) is 0 Å². The fraction of sp³-hybridized carbons (Fsp3) is 0.375. The zero-order valence-corrected chi connectivity index (χ0v) is 12.7. The smallest absolute Gasteiger partial charge is 0.254 e. The van der Waals surface area contributed by atoms with Crippen molar-refractivity contribution < 1.29 is 9.53 Å². The van der Waals surface area contributed by atoms with Gasteiger partial charge in [0.05, 0.1) is 17.7 Å². The van der Waals surface area contributed by atoms with Gasteiger partial charge in [0.2, 0.25) is 0 Å². The number of fused-ring (bicyclic) bond motifs is 1. The summed E-state index contributed by atoms with van der Waals surface area (Å²) in [6.45, 7) is 3.84. The third-order valence-electron chi connectivity index (χ3n) is 3.28. The fourth-order valence-corrected chi connectivity index (χ4v) is 2.16. The number of nitrogens with one attached hydrogen (secondary N) is 1. The molecule has 0 aliphatic heterocycles. The SMILES string of the molecule is CCNc1cc(C(=O)N(C)CCOC)c2ccccc2n1. The van der Waals surface area contributed by atoms with Gasteiger partial charge in [-0.25, -0.2) is 4.98 Å². The van der Waals surface area contributed by atoms with Crippen molar-refractivity contribution in [3.8, 4) is 0 Å². The summed E-state index contributed by atoms with van der Waals surface area (Å²) in [5.74, 6) is 0.699. The minimum absolute atomic E-state index is 0.0233. The van der Waals surface area contributed by atoms with E-state index in [1.807, 2.05) is 37.3 Å². The number of likely N-dealkylation sites (N-methyl/N-ethyl adjacent to an activating group) is 1. The maximum atomic E-state index is 12.6. The van der Waals surface area contributed by atoms with Crippen molar-refractivity contribution in [2.75, 3.05) is 39.2 Å². The number of ether oxygens (including phenoxy) is 1. The Morgan fingerprint density at radius 2 is 2.14 bits per heavy atom. The third kappa shape index (κ3) is 3.49. The molecule has 5 heteroatoms. The number of methoxy groups -OCH3 is 1. The van der Waals surface area contributed by atoms with Crippen LogP contribution in [0.25, 0.3) is 10.9 Å². The van der Waals surface area contributed by atoms with Crippen LogP contribution in [0, 0.1) is 0 Å². The second kappa shape index (κ2) is 7.04. The molecule has 0 aliphatic carbocycles. The number of nitrogens with zero attached hydrogens (tertiary/aromatic N) is 2. The second-order valence-electron chi connectivity index (χ2n) is 4.82. The lowest BCUT2D eigenvalue weighted by Crippen LogP contribution is -2.30.